The molecule has 7 heteroatoms. The molecular weight excluding hydrogens is 280 g/mol. The number of nitrogens with one attached hydrogen (secondary N) is 1. The summed E-state index contributed by atoms with van der Waals surface area (Å²) in [6.07, 6.45) is 0. The van der Waals surface area contributed by atoms with E-state index in [2.05, 4.69) is 9.97 Å². The molecule has 0 unspecified atom stereocenters. The lowest BCUT2D eigenvalue weighted by molar-refractivity contribution is 0.927. The molecule has 6 nitrogen and oxygen atoms in total. The molecule has 1 aromatic carbocycles. The van der Waals surface area contributed by atoms with Gasteiger partial charge in [0, 0.05) is 0 Å². The molecule has 0 saturated carbocycles. The number of rotatable bonds is 1. The van der Waals surface area contributed by atoms with Crippen LogP contribution in [0.2, 0.25) is 5.02 Å². The first-order valence-electron chi connectivity index (χ1n) is 5.74. The fourth-order valence-corrected chi connectivity index (χ4v) is 2.20. The minimum absolute atomic E-state index is 0.173. The first-order chi connectivity index (χ1) is 9.58. The summed E-state index contributed by atoms with van der Waals surface area (Å²) in [6.45, 7) is 0. The van der Waals surface area contributed by atoms with E-state index in [9.17, 15) is 9.59 Å². The topological polar surface area (TPSA) is 93.8 Å². The maximum Gasteiger partial charge on any atom is 0.334 e. The summed E-state index contributed by atoms with van der Waals surface area (Å²) in [7, 11) is 0. The van der Waals surface area contributed by atoms with Gasteiger partial charge in [0.2, 0.25) is 0 Å². The Bertz CT molecular complexity index is 930. The maximum absolute atomic E-state index is 12.1. The van der Waals surface area contributed by atoms with Crippen molar-refractivity contribution in [2.75, 3.05) is 5.73 Å². The van der Waals surface area contributed by atoms with Crippen LogP contribution in [0.15, 0.2) is 46.0 Å². The predicted octanol–water partition coefficient (Wildman–Crippen LogP) is 1.31. The van der Waals surface area contributed by atoms with Crippen molar-refractivity contribution in [3.63, 3.8) is 0 Å². The summed E-state index contributed by atoms with van der Waals surface area (Å²) in [5, 5.41) is 0.630. The summed E-state index contributed by atoms with van der Waals surface area (Å²) in [5.74, 6) is 0.211. The Hall–Kier alpha value is -2.60. The summed E-state index contributed by atoms with van der Waals surface area (Å²) in [4.78, 5) is 30.2. The highest BCUT2D eigenvalue weighted by Crippen LogP contribution is 2.20. The van der Waals surface area contributed by atoms with Gasteiger partial charge in [0.1, 0.15) is 5.82 Å². The van der Waals surface area contributed by atoms with Gasteiger partial charge in [-0.15, -0.1) is 0 Å². The van der Waals surface area contributed by atoms with Crippen molar-refractivity contribution >= 4 is 28.5 Å². The van der Waals surface area contributed by atoms with Crippen LogP contribution >= 0.6 is 11.6 Å². The molecular formula is C13H9ClN4O2. The van der Waals surface area contributed by atoms with Crippen LogP contribution in [0.5, 0.6) is 0 Å². The van der Waals surface area contributed by atoms with E-state index in [0.29, 0.717) is 10.7 Å². The zero-order chi connectivity index (χ0) is 14.3. The molecule has 0 aliphatic heterocycles. The lowest BCUT2D eigenvalue weighted by Crippen LogP contribution is -2.30. The van der Waals surface area contributed by atoms with Crippen molar-refractivity contribution in [1.29, 1.82) is 0 Å². The number of nitrogens with zero attached hydrogens (tertiary/aromatic N) is 2. The van der Waals surface area contributed by atoms with Crippen LogP contribution in [0, 0.1) is 0 Å². The fraction of sp³-hybridized carbons (Fsp3) is 0. The molecule has 20 heavy (non-hydrogen) atoms. The average Bonchev–Trinajstić information content (AvgIpc) is 2.40. The van der Waals surface area contributed by atoms with Crippen LogP contribution in [0.3, 0.4) is 0 Å². The van der Waals surface area contributed by atoms with Gasteiger partial charge in [0.25, 0.3) is 5.56 Å². The molecule has 0 radical (unpaired) electrons. The highest BCUT2D eigenvalue weighted by molar-refractivity contribution is 6.32. The molecule has 2 heterocycles. The number of fused-ring (bicyclic) bond motifs is 1. The van der Waals surface area contributed by atoms with Gasteiger partial charge in [-0.05, 0) is 24.3 Å². The van der Waals surface area contributed by atoms with Gasteiger partial charge >= 0.3 is 5.69 Å². The van der Waals surface area contributed by atoms with Crippen LogP contribution in [0.4, 0.5) is 5.82 Å². The summed E-state index contributed by atoms with van der Waals surface area (Å²) >= 11 is 6.10. The lowest BCUT2D eigenvalue weighted by atomic mass is 10.3. The van der Waals surface area contributed by atoms with Gasteiger partial charge in [-0.1, -0.05) is 23.7 Å². The molecule has 0 spiro atoms. The van der Waals surface area contributed by atoms with Crippen molar-refractivity contribution in [3.8, 4) is 5.69 Å². The van der Waals surface area contributed by atoms with Crippen molar-refractivity contribution < 1.29 is 0 Å². The smallest absolute Gasteiger partial charge is 0.334 e. The molecule has 2 aromatic heterocycles. The second kappa shape index (κ2) is 4.50. The van der Waals surface area contributed by atoms with Gasteiger partial charge in [-0.3, -0.25) is 9.78 Å². The molecule has 3 aromatic rings. The lowest BCUT2D eigenvalue weighted by Gasteiger charge is -2.10. The summed E-state index contributed by atoms with van der Waals surface area (Å²) < 4.78 is 1.23. The Balaban J connectivity index is 2.54. The fourth-order valence-electron chi connectivity index (χ4n) is 1.98. The summed E-state index contributed by atoms with van der Waals surface area (Å²) in [5.41, 5.74) is 5.11. The number of aromatic nitrogens is 3. The van der Waals surface area contributed by atoms with Crippen molar-refractivity contribution in [3.05, 3.63) is 62.3 Å². The monoisotopic (exact) mass is 288 g/mol. The minimum Gasteiger partial charge on any atom is -0.384 e. The number of para-hydroxylation sites is 1. The molecule has 0 saturated heterocycles. The van der Waals surface area contributed by atoms with Gasteiger partial charge in [0.05, 0.1) is 16.1 Å². The first kappa shape index (κ1) is 12.4. The third-order valence-electron chi connectivity index (χ3n) is 2.87. The van der Waals surface area contributed by atoms with Gasteiger partial charge in [-0.2, -0.15) is 0 Å². The largest absolute Gasteiger partial charge is 0.384 e. The molecule has 3 rings (SSSR count). The Morgan fingerprint density at radius 2 is 1.90 bits per heavy atom. The van der Waals surface area contributed by atoms with Gasteiger partial charge < -0.3 is 5.73 Å². The van der Waals surface area contributed by atoms with Crippen molar-refractivity contribution in [2.45, 2.75) is 0 Å². The molecule has 0 aliphatic rings. The number of anilines is 1. The number of pyridine rings is 1. The molecule has 0 atom stereocenters. The highest BCUT2D eigenvalue weighted by atomic mass is 35.5. The normalized spacial score (nSPS) is 10.8. The Morgan fingerprint density at radius 1 is 1.15 bits per heavy atom. The number of H-pyrrole nitrogens is 1. The quantitative estimate of drug-likeness (QED) is 0.706. The maximum atomic E-state index is 12.1. The van der Waals surface area contributed by atoms with Gasteiger partial charge in [-0.25, -0.2) is 14.3 Å². The van der Waals surface area contributed by atoms with E-state index in [1.165, 1.54) is 16.7 Å². The Kier molecular flexibility index (Phi) is 2.80. The molecule has 0 bridgehead atoms. The predicted molar refractivity (Wildman–Crippen MR) is 77.4 cm³/mol. The molecule has 0 amide bonds. The van der Waals surface area contributed by atoms with Crippen LogP contribution in [-0.2, 0) is 0 Å². The van der Waals surface area contributed by atoms with E-state index >= 15 is 0 Å². The van der Waals surface area contributed by atoms with E-state index in [4.69, 9.17) is 17.3 Å². The second-order valence-corrected chi connectivity index (χ2v) is 4.56. The average molecular weight is 289 g/mol. The first-order valence-corrected chi connectivity index (χ1v) is 6.12. The standard InChI is InChI=1S/C13H9ClN4O2/c14-8-3-1-2-4-9(8)18-11-7(5-6-10(15)16-11)12(19)17-13(18)20/h1-6H,(H2,15,16)(H,17,19,20). The zero-order valence-corrected chi connectivity index (χ0v) is 10.9. The zero-order valence-electron chi connectivity index (χ0n) is 10.1. The highest BCUT2D eigenvalue weighted by Gasteiger charge is 2.12. The van der Waals surface area contributed by atoms with E-state index in [0.717, 1.165) is 0 Å². The number of hydrogen-bond donors (Lipinski definition) is 2. The molecule has 100 valence electrons. The van der Waals surface area contributed by atoms with E-state index < -0.39 is 11.2 Å². The van der Waals surface area contributed by atoms with Crippen LogP contribution < -0.4 is 17.0 Å². The van der Waals surface area contributed by atoms with Crippen molar-refractivity contribution in [1.82, 2.24) is 14.5 Å². The Morgan fingerprint density at radius 3 is 2.65 bits per heavy atom. The number of nitrogen functional groups attached to an aromatic ring is 1. The Labute approximate surface area is 117 Å². The second-order valence-electron chi connectivity index (χ2n) is 4.15. The molecule has 0 fully saturated rings. The van der Waals surface area contributed by atoms with E-state index in [1.54, 1.807) is 24.3 Å². The molecule has 3 N–H and O–H groups in total. The third-order valence-corrected chi connectivity index (χ3v) is 3.19. The number of hydrogen-bond acceptors (Lipinski definition) is 4. The van der Waals surface area contributed by atoms with Crippen LogP contribution in [0.1, 0.15) is 0 Å². The number of halogens is 1. The minimum atomic E-state index is -0.617. The van der Waals surface area contributed by atoms with Gasteiger partial charge in [0.15, 0.2) is 5.65 Å². The summed E-state index contributed by atoms with van der Waals surface area (Å²) in [6, 6.07) is 9.80. The van der Waals surface area contributed by atoms with Crippen molar-refractivity contribution in [2.24, 2.45) is 0 Å². The number of nitrogens with two attached hydrogens (primary N) is 1. The van der Waals surface area contributed by atoms with E-state index in [1.807, 2.05) is 0 Å². The SMILES string of the molecule is Nc1ccc2c(=O)[nH]c(=O)n(-c3ccccc3Cl)c2n1. The molecule has 0 aliphatic carbocycles. The number of aromatic amines is 1. The third kappa shape index (κ3) is 1.86. The van der Waals surface area contributed by atoms with Crippen LogP contribution in [-0.4, -0.2) is 14.5 Å². The van der Waals surface area contributed by atoms with E-state index in [-0.39, 0.29) is 16.9 Å². The van der Waals surface area contributed by atoms with Crippen LogP contribution in [0.25, 0.3) is 16.7 Å². The number of benzene rings is 1.